The molecule has 2 aromatic heterocycles. The van der Waals surface area contributed by atoms with Crippen molar-refractivity contribution in [2.75, 3.05) is 20.1 Å². The van der Waals surface area contributed by atoms with Gasteiger partial charge in [-0.3, -0.25) is 4.99 Å². The Morgan fingerprint density at radius 3 is 2.95 bits per heavy atom. The number of nitrogens with zero attached hydrogens (tertiary/aromatic N) is 3. The predicted octanol–water partition coefficient (Wildman–Crippen LogP) is 2.42. The van der Waals surface area contributed by atoms with Crippen LogP contribution >= 0.6 is 0 Å². The van der Waals surface area contributed by atoms with Crippen LogP contribution in [0.4, 0.5) is 0 Å². The molecule has 0 radical (unpaired) electrons. The quantitative estimate of drug-likeness (QED) is 0.485. The molecule has 1 N–H and O–H groups in total. The first-order valence-electron chi connectivity index (χ1n) is 7.43. The standard InChI is InChI=1S/C17H24N4O/c1-4-10-18-17(19-11-9-16-8-6-13-22-16)21(3)14-15-7-5-12-20(15)2/h4-8,12-13H,1,9-11,14H2,2-3H3,(H,18,19). The molecule has 0 aromatic carbocycles. The van der Waals surface area contributed by atoms with Crippen LogP contribution < -0.4 is 5.32 Å². The molecule has 22 heavy (non-hydrogen) atoms. The number of aromatic nitrogens is 1. The van der Waals surface area contributed by atoms with Crippen molar-refractivity contribution >= 4 is 5.96 Å². The molecule has 0 saturated carbocycles. The van der Waals surface area contributed by atoms with Gasteiger partial charge in [-0.15, -0.1) is 6.58 Å². The minimum Gasteiger partial charge on any atom is -0.469 e. The van der Waals surface area contributed by atoms with Crippen molar-refractivity contribution < 1.29 is 4.42 Å². The minimum atomic E-state index is 0.685. The fraction of sp³-hybridized carbons (Fsp3) is 0.353. The van der Waals surface area contributed by atoms with Crippen molar-refractivity contribution in [1.29, 1.82) is 0 Å². The molecule has 2 aromatic rings. The average Bonchev–Trinajstić information content (AvgIpc) is 3.15. The normalized spacial score (nSPS) is 11.5. The van der Waals surface area contributed by atoms with Crippen LogP contribution in [0.15, 0.2) is 58.8 Å². The highest BCUT2D eigenvalue weighted by atomic mass is 16.3. The van der Waals surface area contributed by atoms with Gasteiger partial charge in [0.15, 0.2) is 5.96 Å². The van der Waals surface area contributed by atoms with Gasteiger partial charge in [0.2, 0.25) is 0 Å². The minimum absolute atomic E-state index is 0.685. The second-order valence-corrected chi connectivity index (χ2v) is 5.17. The van der Waals surface area contributed by atoms with Gasteiger partial charge in [0, 0.05) is 45.5 Å². The lowest BCUT2D eigenvalue weighted by Crippen LogP contribution is -2.39. The molecular weight excluding hydrogens is 276 g/mol. The Hall–Kier alpha value is -2.43. The topological polar surface area (TPSA) is 45.7 Å². The summed E-state index contributed by atoms with van der Waals surface area (Å²) in [5.74, 6) is 1.82. The molecule has 0 amide bonds. The second-order valence-electron chi connectivity index (χ2n) is 5.17. The molecule has 5 nitrogen and oxygen atoms in total. The average molecular weight is 300 g/mol. The fourth-order valence-electron chi connectivity index (χ4n) is 2.18. The number of furan rings is 1. The molecule has 0 aliphatic carbocycles. The number of aliphatic imine (C=N–C) groups is 1. The van der Waals surface area contributed by atoms with E-state index in [0.29, 0.717) is 13.1 Å². The maximum Gasteiger partial charge on any atom is 0.194 e. The summed E-state index contributed by atoms with van der Waals surface area (Å²) in [6.07, 6.45) is 6.37. The maximum atomic E-state index is 5.34. The Morgan fingerprint density at radius 1 is 1.45 bits per heavy atom. The summed E-state index contributed by atoms with van der Waals surface area (Å²) in [5, 5.41) is 3.30. The molecular formula is C17H24N4O. The summed E-state index contributed by atoms with van der Waals surface area (Å²) < 4.78 is 7.45. The van der Waals surface area contributed by atoms with Crippen LogP contribution in [0.2, 0.25) is 0 Å². The van der Waals surface area contributed by atoms with E-state index < -0.39 is 0 Å². The van der Waals surface area contributed by atoms with Crippen LogP contribution in [-0.2, 0) is 20.0 Å². The van der Waals surface area contributed by atoms with Crippen molar-refractivity contribution in [3.8, 4) is 0 Å². The molecule has 2 heterocycles. The van der Waals surface area contributed by atoms with Crippen molar-refractivity contribution in [3.63, 3.8) is 0 Å². The van der Waals surface area contributed by atoms with Crippen LogP contribution in [0.5, 0.6) is 0 Å². The summed E-state index contributed by atoms with van der Waals surface area (Å²) in [7, 11) is 4.09. The lowest BCUT2D eigenvalue weighted by atomic mass is 10.3. The third-order valence-electron chi connectivity index (χ3n) is 3.42. The van der Waals surface area contributed by atoms with Gasteiger partial charge in [-0.05, 0) is 24.3 Å². The van der Waals surface area contributed by atoms with E-state index in [2.05, 4.69) is 32.4 Å². The molecule has 0 aliphatic rings. The molecule has 0 aliphatic heterocycles. The van der Waals surface area contributed by atoms with Crippen LogP contribution in [0, 0.1) is 0 Å². The SMILES string of the molecule is C=CCNC(=NCCc1ccco1)N(C)Cc1cccn1C. The van der Waals surface area contributed by atoms with E-state index in [-0.39, 0.29) is 0 Å². The first-order valence-corrected chi connectivity index (χ1v) is 7.43. The Kier molecular flexibility index (Phi) is 5.89. The van der Waals surface area contributed by atoms with E-state index in [0.717, 1.165) is 24.7 Å². The highest BCUT2D eigenvalue weighted by Crippen LogP contribution is 2.05. The van der Waals surface area contributed by atoms with Crippen molar-refractivity contribution in [1.82, 2.24) is 14.8 Å². The van der Waals surface area contributed by atoms with E-state index in [1.807, 2.05) is 44.6 Å². The fourth-order valence-corrected chi connectivity index (χ4v) is 2.18. The number of rotatable bonds is 7. The van der Waals surface area contributed by atoms with Crippen LogP contribution in [0.3, 0.4) is 0 Å². The third-order valence-corrected chi connectivity index (χ3v) is 3.42. The summed E-state index contributed by atoms with van der Waals surface area (Å²) in [4.78, 5) is 6.77. The monoisotopic (exact) mass is 300 g/mol. The lowest BCUT2D eigenvalue weighted by Gasteiger charge is -2.22. The maximum absolute atomic E-state index is 5.34. The molecule has 118 valence electrons. The van der Waals surface area contributed by atoms with E-state index in [4.69, 9.17) is 4.42 Å². The van der Waals surface area contributed by atoms with Gasteiger partial charge in [-0.25, -0.2) is 0 Å². The first-order chi connectivity index (χ1) is 10.7. The summed E-state index contributed by atoms with van der Waals surface area (Å²) in [5.41, 5.74) is 1.24. The summed E-state index contributed by atoms with van der Waals surface area (Å²) >= 11 is 0. The van der Waals surface area contributed by atoms with Gasteiger partial charge in [-0.1, -0.05) is 6.08 Å². The Labute approximate surface area is 132 Å². The first kappa shape index (κ1) is 15.9. The van der Waals surface area contributed by atoms with E-state index in [1.165, 1.54) is 5.69 Å². The van der Waals surface area contributed by atoms with Crippen LogP contribution in [0.25, 0.3) is 0 Å². The zero-order chi connectivity index (χ0) is 15.8. The summed E-state index contributed by atoms with van der Waals surface area (Å²) in [6, 6.07) is 8.04. The third kappa shape index (κ3) is 4.55. The van der Waals surface area contributed by atoms with E-state index in [9.17, 15) is 0 Å². The van der Waals surface area contributed by atoms with E-state index >= 15 is 0 Å². The van der Waals surface area contributed by atoms with Gasteiger partial charge in [0.05, 0.1) is 12.8 Å². The highest BCUT2D eigenvalue weighted by molar-refractivity contribution is 5.79. The zero-order valence-corrected chi connectivity index (χ0v) is 13.3. The molecule has 0 unspecified atom stereocenters. The van der Waals surface area contributed by atoms with Gasteiger partial charge >= 0.3 is 0 Å². The van der Waals surface area contributed by atoms with Crippen molar-refractivity contribution in [2.45, 2.75) is 13.0 Å². The van der Waals surface area contributed by atoms with Gasteiger partial charge in [0.1, 0.15) is 5.76 Å². The van der Waals surface area contributed by atoms with Gasteiger partial charge in [-0.2, -0.15) is 0 Å². The molecule has 0 bridgehead atoms. The molecule has 5 heteroatoms. The van der Waals surface area contributed by atoms with Crippen molar-refractivity contribution in [3.05, 3.63) is 60.8 Å². The lowest BCUT2D eigenvalue weighted by molar-refractivity contribution is 0.461. The zero-order valence-electron chi connectivity index (χ0n) is 13.3. The molecule has 0 saturated heterocycles. The Bertz CT molecular complexity index is 598. The highest BCUT2D eigenvalue weighted by Gasteiger charge is 2.08. The summed E-state index contributed by atoms with van der Waals surface area (Å²) in [6.45, 7) is 5.92. The van der Waals surface area contributed by atoms with Crippen molar-refractivity contribution in [2.24, 2.45) is 12.0 Å². The molecule has 2 rings (SSSR count). The predicted molar refractivity (Wildman–Crippen MR) is 89.8 cm³/mol. The number of hydrogen-bond acceptors (Lipinski definition) is 2. The number of nitrogens with one attached hydrogen (secondary N) is 1. The smallest absolute Gasteiger partial charge is 0.194 e. The molecule has 0 spiro atoms. The Balaban J connectivity index is 1.97. The molecule has 0 atom stereocenters. The van der Waals surface area contributed by atoms with Gasteiger partial charge in [0.25, 0.3) is 0 Å². The van der Waals surface area contributed by atoms with Crippen LogP contribution in [-0.4, -0.2) is 35.6 Å². The largest absolute Gasteiger partial charge is 0.469 e. The number of guanidine groups is 1. The van der Waals surface area contributed by atoms with E-state index in [1.54, 1.807) is 6.26 Å². The van der Waals surface area contributed by atoms with Crippen LogP contribution in [0.1, 0.15) is 11.5 Å². The Morgan fingerprint density at radius 2 is 2.32 bits per heavy atom. The number of hydrogen-bond donors (Lipinski definition) is 1. The number of aryl methyl sites for hydroxylation is 1. The molecule has 0 fully saturated rings. The van der Waals surface area contributed by atoms with Gasteiger partial charge < -0.3 is 19.2 Å². The second kappa shape index (κ2) is 8.12.